The van der Waals surface area contributed by atoms with Crippen LogP contribution in [0.25, 0.3) is 0 Å². The van der Waals surface area contributed by atoms with E-state index in [-0.39, 0.29) is 12.1 Å². The van der Waals surface area contributed by atoms with E-state index < -0.39 is 11.4 Å². The van der Waals surface area contributed by atoms with Crippen molar-refractivity contribution in [2.75, 3.05) is 33.3 Å². The summed E-state index contributed by atoms with van der Waals surface area (Å²) in [7, 11) is 1.71. The van der Waals surface area contributed by atoms with Crippen molar-refractivity contribution < 1.29 is 19.4 Å². The predicted octanol–water partition coefficient (Wildman–Crippen LogP) is 1.79. The zero-order valence-corrected chi connectivity index (χ0v) is 13.0. The van der Waals surface area contributed by atoms with Gasteiger partial charge < -0.3 is 19.6 Å². The summed E-state index contributed by atoms with van der Waals surface area (Å²) in [6, 6.07) is 0.0552. The molecule has 2 fully saturated rings. The third-order valence-electron chi connectivity index (χ3n) is 5.17. The number of ether oxygens (including phenoxy) is 1. The first-order valence-corrected chi connectivity index (χ1v) is 7.82. The minimum Gasteiger partial charge on any atom is -0.481 e. The van der Waals surface area contributed by atoms with E-state index in [9.17, 15) is 14.7 Å². The number of carboxylic acid groups (broad SMARTS) is 1. The Morgan fingerprint density at radius 2 is 1.67 bits per heavy atom. The maximum atomic E-state index is 12.5. The molecule has 0 saturated carbocycles. The number of nitrogens with zero attached hydrogens (tertiary/aromatic N) is 2. The largest absolute Gasteiger partial charge is 0.481 e. The molecule has 0 aromatic carbocycles. The summed E-state index contributed by atoms with van der Waals surface area (Å²) in [5, 5.41) is 9.39. The van der Waals surface area contributed by atoms with Crippen LogP contribution >= 0.6 is 0 Å². The molecule has 2 amide bonds. The third kappa shape index (κ3) is 3.31. The number of aliphatic carboxylic acids is 1. The van der Waals surface area contributed by atoms with E-state index in [0.717, 1.165) is 25.9 Å². The van der Waals surface area contributed by atoms with Crippen LogP contribution in [-0.4, -0.2) is 66.3 Å². The minimum atomic E-state index is -0.724. The molecule has 0 spiro atoms. The molecule has 0 radical (unpaired) electrons. The fraction of sp³-hybridized carbons (Fsp3) is 0.867. The summed E-state index contributed by atoms with van der Waals surface area (Å²) < 4.78 is 5.32. The normalized spacial score (nSPS) is 23.1. The van der Waals surface area contributed by atoms with Crippen molar-refractivity contribution in [3.05, 3.63) is 0 Å². The summed E-state index contributed by atoms with van der Waals surface area (Å²) in [5.41, 5.74) is -0.639. The van der Waals surface area contributed by atoms with Gasteiger partial charge in [-0.05, 0) is 32.1 Å². The Balaban J connectivity index is 1.87. The molecular weight excluding hydrogens is 272 g/mol. The molecule has 6 nitrogen and oxygen atoms in total. The predicted molar refractivity (Wildman–Crippen MR) is 78.2 cm³/mol. The molecule has 0 unspecified atom stereocenters. The average molecular weight is 298 g/mol. The lowest BCUT2D eigenvalue weighted by Gasteiger charge is -2.41. The minimum absolute atomic E-state index is 0.0552. The van der Waals surface area contributed by atoms with E-state index in [2.05, 4.69) is 0 Å². The number of amides is 2. The van der Waals surface area contributed by atoms with Gasteiger partial charge in [0.2, 0.25) is 0 Å². The van der Waals surface area contributed by atoms with Crippen LogP contribution < -0.4 is 0 Å². The maximum absolute atomic E-state index is 12.5. The molecule has 0 aliphatic carbocycles. The van der Waals surface area contributed by atoms with E-state index in [4.69, 9.17) is 4.74 Å². The Hall–Kier alpha value is -1.30. The highest BCUT2D eigenvalue weighted by Gasteiger charge is 2.41. The molecule has 2 aliphatic rings. The fourth-order valence-electron chi connectivity index (χ4n) is 3.33. The van der Waals surface area contributed by atoms with Gasteiger partial charge in [0.1, 0.15) is 0 Å². The molecule has 2 saturated heterocycles. The molecule has 0 aromatic rings. The second-order valence-electron chi connectivity index (χ2n) is 6.13. The fourth-order valence-corrected chi connectivity index (χ4v) is 3.33. The van der Waals surface area contributed by atoms with Gasteiger partial charge >= 0.3 is 12.0 Å². The first-order chi connectivity index (χ1) is 10.0. The van der Waals surface area contributed by atoms with Gasteiger partial charge in [-0.1, -0.05) is 6.92 Å². The van der Waals surface area contributed by atoms with Crippen molar-refractivity contribution in [3.63, 3.8) is 0 Å². The Morgan fingerprint density at radius 3 is 2.10 bits per heavy atom. The average Bonchev–Trinajstić information content (AvgIpc) is 2.54. The first kappa shape index (κ1) is 16.1. The van der Waals surface area contributed by atoms with Gasteiger partial charge in [0.25, 0.3) is 0 Å². The summed E-state index contributed by atoms with van der Waals surface area (Å²) in [5.74, 6) is -0.724. The van der Waals surface area contributed by atoms with Gasteiger partial charge in [-0.2, -0.15) is 0 Å². The standard InChI is InChI=1S/C15H26N2O4/c1-3-15(13(18)19)6-10-17(11-7-15)14(20)16-8-4-12(21-2)5-9-16/h12H,3-11H2,1-2H3,(H,18,19). The van der Waals surface area contributed by atoms with Crippen LogP contribution in [0, 0.1) is 5.41 Å². The number of carbonyl (C=O) groups excluding carboxylic acids is 1. The lowest BCUT2D eigenvalue weighted by Crippen LogP contribution is -2.52. The molecule has 21 heavy (non-hydrogen) atoms. The molecule has 2 rings (SSSR count). The van der Waals surface area contributed by atoms with Gasteiger partial charge in [-0.15, -0.1) is 0 Å². The van der Waals surface area contributed by atoms with Gasteiger partial charge in [0.15, 0.2) is 0 Å². The quantitative estimate of drug-likeness (QED) is 0.862. The van der Waals surface area contributed by atoms with Crippen molar-refractivity contribution in [1.29, 1.82) is 0 Å². The number of rotatable bonds is 3. The van der Waals surface area contributed by atoms with E-state index in [0.29, 0.717) is 32.4 Å². The second kappa shape index (κ2) is 6.64. The van der Waals surface area contributed by atoms with E-state index in [1.165, 1.54) is 0 Å². The van der Waals surface area contributed by atoms with Crippen LogP contribution in [0.2, 0.25) is 0 Å². The topological polar surface area (TPSA) is 70.1 Å². The molecule has 2 aliphatic heterocycles. The van der Waals surface area contributed by atoms with E-state index in [1.54, 1.807) is 7.11 Å². The zero-order chi connectivity index (χ0) is 15.5. The Bertz CT molecular complexity index is 383. The Morgan fingerprint density at radius 1 is 1.14 bits per heavy atom. The van der Waals surface area contributed by atoms with Crippen LogP contribution in [0.15, 0.2) is 0 Å². The van der Waals surface area contributed by atoms with Gasteiger partial charge in [0.05, 0.1) is 11.5 Å². The van der Waals surface area contributed by atoms with Gasteiger partial charge in [0, 0.05) is 33.3 Å². The number of likely N-dealkylation sites (tertiary alicyclic amines) is 2. The van der Waals surface area contributed by atoms with E-state index >= 15 is 0 Å². The summed E-state index contributed by atoms with van der Waals surface area (Å²) >= 11 is 0. The lowest BCUT2D eigenvalue weighted by atomic mass is 9.76. The van der Waals surface area contributed by atoms with Crippen LogP contribution in [0.5, 0.6) is 0 Å². The molecule has 0 bridgehead atoms. The van der Waals surface area contributed by atoms with Gasteiger partial charge in [-0.3, -0.25) is 4.79 Å². The molecule has 1 N–H and O–H groups in total. The molecular formula is C15H26N2O4. The highest BCUT2D eigenvalue weighted by atomic mass is 16.5. The zero-order valence-electron chi connectivity index (χ0n) is 13.0. The molecule has 0 aromatic heterocycles. The SMILES string of the molecule is CCC1(C(=O)O)CCN(C(=O)N2CCC(OC)CC2)CC1. The maximum Gasteiger partial charge on any atom is 0.320 e. The van der Waals surface area contributed by atoms with Crippen LogP contribution in [0.3, 0.4) is 0 Å². The summed E-state index contributed by atoms with van der Waals surface area (Å²) in [6.07, 6.45) is 3.76. The van der Waals surface area contributed by atoms with Crippen molar-refractivity contribution in [3.8, 4) is 0 Å². The molecule has 2 heterocycles. The highest BCUT2D eigenvalue weighted by molar-refractivity contribution is 5.77. The number of hydrogen-bond donors (Lipinski definition) is 1. The number of carboxylic acids is 1. The summed E-state index contributed by atoms with van der Waals surface area (Å²) in [4.78, 5) is 27.6. The lowest BCUT2D eigenvalue weighted by molar-refractivity contribution is -0.152. The number of methoxy groups -OCH3 is 1. The molecule has 0 atom stereocenters. The Kier molecular flexibility index (Phi) is 5.08. The number of hydrogen-bond acceptors (Lipinski definition) is 3. The molecule has 120 valence electrons. The van der Waals surface area contributed by atoms with Crippen molar-refractivity contribution >= 4 is 12.0 Å². The van der Waals surface area contributed by atoms with Crippen LogP contribution in [0.4, 0.5) is 4.79 Å². The number of piperidine rings is 2. The van der Waals surface area contributed by atoms with Crippen LogP contribution in [-0.2, 0) is 9.53 Å². The van der Waals surface area contributed by atoms with Crippen molar-refractivity contribution in [2.24, 2.45) is 5.41 Å². The third-order valence-corrected chi connectivity index (χ3v) is 5.17. The van der Waals surface area contributed by atoms with Crippen molar-refractivity contribution in [1.82, 2.24) is 9.80 Å². The Labute approximate surface area is 126 Å². The highest BCUT2D eigenvalue weighted by Crippen LogP contribution is 2.35. The number of carbonyl (C=O) groups is 2. The second-order valence-corrected chi connectivity index (χ2v) is 6.13. The first-order valence-electron chi connectivity index (χ1n) is 7.82. The van der Waals surface area contributed by atoms with Gasteiger partial charge in [-0.25, -0.2) is 4.79 Å². The molecule has 6 heteroatoms. The van der Waals surface area contributed by atoms with Crippen LogP contribution in [0.1, 0.15) is 39.0 Å². The smallest absolute Gasteiger partial charge is 0.320 e. The summed E-state index contributed by atoms with van der Waals surface area (Å²) in [6.45, 7) is 4.46. The van der Waals surface area contributed by atoms with Crippen molar-refractivity contribution in [2.45, 2.75) is 45.1 Å². The number of urea groups is 1. The monoisotopic (exact) mass is 298 g/mol. The van der Waals surface area contributed by atoms with E-state index in [1.807, 2.05) is 16.7 Å².